The van der Waals surface area contributed by atoms with E-state index in [4.69, 9.17) is 4.98 Å². The lowest BCUT2D eigenvalue weighted by molar-refractivity contribution is -0.0236. The number of fused-ring (bicyclic) bond motifs is 2. The van der Waals surface area contributed by atoms with Gasteiger partial charge < -0.3 is 15.0 Å². The smallest absolute Gasteiger partial charge is 0.241 e. The molecule has 0 aromatic carbocycles. The lowest BCUT2D eigenvalue weighted by Gasteiger charge is -2.41. The summed E-state index contributed by atoms with van der Waals surface area (Å²) in [4.78, 5) is 13.6. The summed E-state index contributed by atoms with van der Waals surface area (Å²) in [6.45, 7) is 3.46. The first-order valence-corrected chi connectivity index (χ1v) is 9.67. The number of anilines is 1. The molecule has 0 aliphatic heterocycles. The summed E-state index contributed by atoms with van der Waals surface area (Å²) in [5.41, 5.74) is 3.32. The van der Waals surface area contributed by atoms with Crippen LogP contribution in [0.15, 0.2) is 30.6 Å². The van der Waals surface area contributed by atoms with E-state index in [1.54, 1.807) is 15.3 Å². The van der Waals surface area contributed by atoms with E-state index in [2.05, 4.69) is 20.4 Å². The second-order valence-corrected chi connectivity index (χ2v) is 7.93. The molecule has 2 N–H and O–H groups in total. The zero-order chi connectivity index (χ0) is 20.2. The molecule has 0 amide bonds. The second-order valence-electron chi connectivity index (χ2n) is 7.93. The second kappa shape index (κ2) is 6.48. The molecule has 29 heavy (non-hydrogen) atoms. The summed E-state index contributed by atoms with van der Waals surface area (Å²) >= 11 is 0. The third-order valence-electron chi connectivity index (χ3n) is 5.49. The number of imidazole rings is 1. The minimum absolute atomic E-state index is 0.181. The fraction of sp³-hybridized carbons (Fsp3) is 0.400. The number of alkyl halides is 1. The fourth-order valence-corrected chi connectivity index (χ4v) is 4.09. The highest BCUT2D eigenvalue weighted by Gasteiger charge is 2.38. The number of halogens is 1. The van der Waals surface area contributed by atoms with Gasteiger partial charge in [-0.25, -0.2) is 23.9 Å². The molecule has 5 rings (SSSR count). The number of rotatable bonds is 5. The molecular formula is C20H22FN7O. The zero-order valence-corrected chi connectivity index (χ0v) is 16.3. The van der Waals surface area contributed by atoms with Crippen LogP contribution in [0.5, 0.6) is 0 Å². The van der Waals surface area contributed by atoms with Crippen LogP contribution >= 0.6 is 0 Å². The summed E-state index contributed by atoms with van der Waals surface area (Å²) < 4.78 is 16.5. The summed E-state index contributed by atoms with van der Waals surface area (Å²) in [6.07, 6.45) is 4.99. The van der Waals surface area contributed by atoms with Gasteiger partial charge in [-0.1, -0.05) is 0 Å². The first-order chi connectivity index (χ1) is 13.9. The average molecular weight is 395 g/mol. The normalized spacial score (nSPS) is 21.6. The lowest BCUT2D eigenvalue weighted by Crippen LogP contribution is -2.48. The van der Waals surface area contributed by atoms with Crippen molar-refractivity contribution >= 4 is 22.6 Å². The highest BCUT2D eigenvalue weighted by molar-refractivity contribution is 5.82. The summed E-state index contributed by atoms with van der Waals surface area (Å²) in [5.74, 6) is 1.28. The quantitative estimate of drug-likeness (QED) is 0.540. The molecule has 9 heteroatoms. The van der Waals surface area contributed by atoms with Gasteiger partial charge >= 0.3 is 0 Å². The van der Waals surface area contributed by atoms with Crippen molar-refractivity contribution in [3.63, 3.8) is 0 Å². The van der Waals surface area contributed by atoms with Crippen LogP contribution in [0.2, 0.25) is 0 Å². The van der Waals surface area contributed by atoms with E-state index in [0.29, 0.717) is 24.4 Å². The van der Waals surface area contributed by atoms with Crippen molar-refractivity contribution in [2.45, 2.75) is 44.9 Å². The van der Waals surface area contributed by atoms with Gasteiger partial charge in [-0.3, -0.25) is 0 Å². The molecule has 0 spiro atoms. The summed E-state index contributed by atoms with van der Waals surface area (Å²) in [7, 11) is 0. The topological polar surface area (TPSA) is 93.2 Å². The van der Waals surface area contributed by atoms with Crippen molar-refractivity contribution in [1.29, 1.82) is 0 Å². The Balaban J connectivity index is 1.48. The molecule has 0 atom stereocenters. The number of aryl methyl sites for hydroxylation is 2. The monoisotopic (exact) mass is 395 g/mol. The molecule has 150 valence electrons. The van der Waals surface area contributed by atoms with Gasteiger partial charge in [0.2, 0.25) is 5.95 Å². The van der Waals surface area contributed by atoms with Crippen molar-refractivity contribution in [1.82, 2.24) is 29.1 Å². The lowest BCUT2D eigenvalue weighted by atomic mass is 9.77. The van der Waals surface area contributed by atoms with Gasteiger partial charge in [0.25, 0.3) is 0 Å². The van der Waals surface area contributed by atoms with Gasteiger partial charge in [0, 0.05) is 17.8 Å². The Morgan fingerprint density at radius 2 is 2.10 bits per heavy atom. The van der Waals surface area contributed by atoms with Crippen LogP contribution in [0.1, 0.15) is 25.6 Å². The van der Waals surface area contributed by atoms with Gasteiger partial charge in [-0.05, 0) is 44.9 Å². The molecule has 1 fully saturated rings. The number of aliphatic hydroxyl groups is 1. The van der Waals surface area contributed by atoms with Crippen LogP contribution in [0.3, 0.4) is 0 Å². The van der Waals surface area contributed by atoms with E-state index in [0.717, 1.165) is 28.1 Å². The first kappa shape index (κ1) is 18.0. The molecule has 0 bridgehead atoms. The van der Waals surface area contributed by atoms with Crippen LogP contribution in [0.25, 0.3) is 27.9 Å². The van der Waals surface area contributed by atoms with Crippen molar-refractivity contribution in [3.8, 4) is 11.3 Å². The number of pyridine rings is 1. The Labute approximate surface area is 166 Å². The summed E-state index contributed by atoms with van der Waals surface area (Å²) in [5, 5.41) is 17.7. The van der Waals surface area contributed by atoms with Crippen LogP contribution in [0.4, 0.5) is 10.3 Å². The van der Waals surface area contributed by atoms with Crippen LogP contribution in [-0.2, 0) is 6.54 Å². The molecule has 4 aromatic rings. The molecular weight excluding hydrogens is 373 g/mol. The number of hydrogen-bond donors (Lipinski definition) is 2. The molecule has 1 aliphatic rings. The maximum absolute atomic E-state index is 12.9. The Kier molecular flexibility index (Phi) is 4.02. The Bertz CT molecular complexity index is 1200. The van der Waals surface area contributed by atoms with E-state index in [1.807, 2.05) is 38.2 Å². The molecule has 0 unspecified atom stereocenters. The SMILES string of the molecule is Cc1nc2ccc(-c3ccn4nc(NC5CC(C)(O)C5)ncc34)nc2n1CCF. The maximum Gasteiger partial charge on any atom is 0.241 e. The zero-order valence-electron chi connectivity index (χ0n) is 16.3. The van der Waals surface area contributed by atoms with E-state index in [-0.39, 0.29) is 12.6 Å². The third-order valence-corrected chi connectivity index (χ3v) is 5.49. The van der Waals surface area contributed by atoms with Gasteiger partial charge in [0.15, 0.2) is 5.65 Å². The predicted octanol–water partition coefficient (Wildman–Crippen LogP) is 2.74. The Hall–Kier alpha value is -3.07. The molecule has 4 aromatic heterocycles. The summed E-state index contributed by atoms with van der Waals surface area (Å²) in [6, 6.07) is 5.94. The highest BCUT2D eigenvalue weighted by atomic mass is 19.1. The first-order valence-electron chi connectivity index (χ1n) is 9.67. The Morgan fingerprint density at radius 3 is 2.86 bits per heavy atom. The van der Waals surface area contributed by atoms with E-state index in [1.165, 1.54) is 0 Å². The minimum Gasteiger partial charge on any atom is -0.390 e. The van der Waals surface area contributed by atoms with Gasteiger partial charge in [-0.15, -0.1) is 5.10 Å². The molecule has 8 nitrogen and oxygen atoms in total. The van der Waals surface area contributed by atoms with Gasteiger partial charge in [0.1, 0.15) is 18.0 Å². The van der Waals surface area contributed by atoms with E-state index < -0.39 is 12.3 Å². The average Bonchev–Trinajstić information content (AvgIpc) is 3.21. The van der Waals surface area contributed by atoms with Crippen LogP contribution in [0, 0.1) is 6.92 Å². The fourth-order valence-electron chi connectivity index (χ4n) is 4.09. The number of nitrogens with one attached hydrogen (secondary N) is 1. The van der Waals surface area contributed by atoms with Gasteiger partial charge in [0.05, 0.1) is 29.6 Å². The molecule has 1 aliphatic carbocycles. The standard InChI is InChI=1S/C20H22FN7O/c1-12-23-16-4-3-15(25-18(16)27(12)8-6-21)14-5-7-28-17(14)11-22-19(26-28)24-13-9-20(2,29)10-13/h3-5,7,11,13,29H,6,8-10H2,1-2H3,(H,24,26). The third kappa shape index (κ3) is 3.11. The number of nitrogens with zero attached hydrogens (tertiary/aromatic N) is 6. The van der Waals surface area contributed by atoms with Crippen LogP contribution < -0.4 is 5.32 Å². The van der Waals surface area contributed by atoms with Crippen molar-refractivity contribution in [2.75, 3.05) is 12.0 Å². The molecule has 4 heterocycles. The largest absolute Gasteiger partial charge is 0.390 e. The molecule has 0 saturated heterocycles. The molecule has 1 saturated carbocycles. The highest BCUT2D eigenvalue weighted by Crippen LogP contribution is 2.33. The van der Waals surface area contributed by atoms with Crippen molar-refractivity contribution < 1.29 is 9.50 Å². The Morgan fingerprint density at radius 1 is 1.28 bits per heavy atom. The van der Waals surface area contributed by atoms with Gasteiger partial charge in [-0.2, -0.15) is 0 Å². The van der Waals surface area contributed by atoms with E-state index in [9.17, 15) is 9.50 Å². The van der Waals surface area contributed by atoms with Crippen molar-refractivity contribution in [2.24, 2.45) is 0 Å². The van der Waals surface area contributed by atoms with E-state index >= 15 is 0 Å². The van der Waals surface area contributed by atoms with Crippen molar-refractivity contribution in [3.05, 3.63) is 36.4 Å². The predicted molar refractivity (Wildman–Crippen MR) is 107 cm³/mol. The van der Waals surface area contributed by atoms with Crippen LogP contribution in [-0.4, -0.2) is 52.6 Å². The minimum atomic E-state index is -0.597. The maximum atomic E-state index is 12.9. The molecule has 0 radical (unpaired) electrons. The number of hydrogen-bond acceptors (Lipinski definition) is 6. The number of aromatic nitrogens is 6.